The third-order valence-electron chi connectivity index (χ3n) is 11.5. The molecule has 0 amide bonds. The first-order chi connectivity index (χ1) is 28.1. The van der Waals surface area contributed by atoms with Crippen LogP contribution in [0.15, 0.2) is 29.3 Å². The van der Waals surface area contributed by atoms with Crippen molar-refractivity contribution in [1.29, 1.82) is 0 Å². The van der Waals surface area contributed by atoms with Gasteiger partial charge >= 0.3 is 5.97 Å². The van der Waals surface area contributed by atoms with E-state index in [1.807, 2.05) is 0 Å². The van der Waals surface area contributed by atoms with E-state index in [0.29, 0.717) is 43.4 Å². The summed E-state index contributed by atoms with van der Waals surface area (Å²) >= 11 is 0. The predicted molar refractivity (Wildman–Crippen MR) is 250 cm³/mol. The number of halogens is 1. The van der Waals surface area contributed by atoms with Crippen molar-refractivity contribution in [3.8, 4) is 0 Å². The van der Waals surface area contributed by atoms with Gasteiger partial charge in [-0.2, -0.15) is 0 Å². The Labute approximate surface area is 375 Å². The van der Waals surface area contributed by atoms with Crippen molar-refractivity contribution >= 4 is 11.9 Å². The maximum absolute atomic E-state index is 12.2. The van der Waals surface area contributed by atoms with E-state index in [-0.39, 0.29) is 29.0 Å². The molecular weight excluding hydrogens is 802 g/mol. The summed E-state index contributed by atoms with van der Waals surface area (Å²) < 4.78 is 13.3. The van der Waals surface area contributed by atoms with Gasteiger partial charge in [0, 0.05) is 26.2 Å². The minimum Gasteiger partial charge on any atom is -1.00 e. The Kier molecular flexibility index (Phi) is 43.7. The summed E-state index contributed by atoms with van der Waals surface area (Å²) in [4.78, 5) is 16.2. The third-order valence-corrected chi connectivity index (χ3v) is 11.5. The number of guanidine groups is 1. The lowest BCUT2D eigenvalue weighted by atomic mass is 9.90. The highest BCUT2D eigenvalue weighted by molar-refractivity contribution is 5.78. The molecule has 0 spiro atoms. The Morgan fingerprint density at radius 2 is 1.03 bits per heavy atom. The highest BCUT2D eigenvalue weighted by Crippen LogP contribution is 2.19. The van der Waals surface area contributed by atoms with Gasteiger partial charge in [0.15, 0.2) is 5.96 Å². The number of unbranched alkanes of at least 4 members (excludes halogenated alkanes) is 24. The van der Waals surface area contributed by atoms with Crippen LogP contribution in [-0.4, -0.2) is 86.7 Å². The molecule has 0 aromatic heterocycles. The van der Waals surface area contributed by atoms with Crippen LogP contribution in [0.25, 0.3) is 0 Å². The Morgan fingerprint density at radius 1 is 0.627 bits per heavy atom. The molecule has 59 heavy (non-hydrogen) atoms. The minimum absolute atomic E-state index is 0. The van der Waals surface area contributed by atoms with Gasteiger partial charge < -0.3 is 53.2 Å². The molecule has 10 heteroatoms. The number of carbonyl (C=O) groups is 1. The number of likely N-dealkylation sites (N-methyl/N-ethyl adjacent to an activating group) is 1. The second-order valence-electron chi connectivity index (χ2n) is 17.9. The first-order valence-corrected chi connectivity index (χ1v) is 24.4. The van der Waals surface area contributed by atoms with E-state index in [1.165, 1.54) is 167 Å². The van der Waals surface area contributed by atoms with Crippen molar-refractivity contribution in [3.05, 3.63) is 24.3 Å². The Hall–Kier alpha value is -1.46. The van der Waals surface area contributed by atoms with E-state index in [4.69, 9.17) is 26.7 Å². The minimum atomic E-state index is -1.32. The number of carboxylic acid groups (broad SMARTS) is 1. The van der Waals surface area contributed by atoms with Gasteiger partial charge in [0.2, 0.25) is 0 Å². The van der Waals surface area contributed by atoms with Crippen molar-refractivity contribution in [2.24, 2.45) is 22.2 Å². The molecule has 2 atom stereocenters. The second kappa shape index (κ2) is 43.2. The highest BCUT2D eigenvalue weighted by Gasteiger charge is 2.36. The number of rotatable bonds is 45. The number of ether oxygens (including phenoxy) is 2. The lowest BCUT2D eigenvalue weighted by Gasteiger charge is -2.36. The zero-order chi connectivity index (χ0) is 42.8. The fraction of sp³-hybridized carbons (Fsp3) is 0.878. The lowest BCUT2D eigenvalue weighted by Crippen LogP contribution is -3.00. The third kappa shape index (κ3) is 41.7. The van der Waals surface area contributed by atoms with Crippen molar-refractivity contribution in [2.45, 2.75) is 225 Å². The quantitative estimate of drug-likeness (QED) is 0.0157. The van der Waals surface area contributed by atoms with Gasteiger partial charge in [0.1, 0.15) is 18.2 Å². The molecule has 350 valence electrons. The molecule has 0 aromatic rings. The van der Waals surface area contributed by atoms with Crippen LogP contribution in [0.2, 0.25) is 0 Å². The van der Waals surface area contributed by atoms with Gasteiger partial charge in [-0.3, -0.25) is 9.79 Å². The lowest BCUT2D eigenvalue weighted by molar-refractivity contribution is -0.894. The number of aliphatic imine (C=N–C) groups is 1. The van der Waals surface area contributed by atoms with Crippen LogP contribution < -0.4 is 34.2 Å². The van der Waals surface area contributed by atoms with Crippen LogP contribution in [0.5, 0.6) is 0 Å². The van der Waals surface area contributed by atoms with Crippen molar-refractivity contribution in [1.82, 2.24) is 0 Å². The summed E-state index contributed by atoms with van der Waals surface area (Å²) in [5.74, 6) is -0.974. The molecule has 7 N–H and O–H groups in total. The van der Waals surface area contributed by atoms with Crippen LogP contribution >= 0.6 is 0 Å². The largest absolute Gasteiger partial charge is 1.00 e. The molecule has 0 heterocycles. The summed E-state index contributed by atoms with van der Waals surface area (Å²) in [6, 6.07) is 0. The summed E-state index contributed by atoms with van der Waals surface area (Å²) in [6.45, 7) is 8.32. The first-order valence-electron chi connectivity index (χ1n) is 24.4. The molecule has 0 bridgehead atoms. The van der Waals surface area contributed by atoms with Crippen molar-refractivity contribution in [2.75, 3.05) is 53.6 Å². The first kappa shape index (κ1) is 59.6. The number of quaternary nitrogens is 1. The number of allylic oxidation sites excluding steroid dienone is 4. The molecule has 0 radical (unpaired) electrons. The van der Waals surface area contributed by atoms with Gasteiger partial charge in [-0.15, -0.1) is 0 Å². The number of nitrogens with zero attached hydrogens (tertiary/aromatic N) is 2. The zero-order valence-electron chi connectivity index (χ0n) is 39.2. The summed E-state index contributed by atoms with van der Waals surface area (Å²) in [6.07, 6.45) is 46.9. The van der Waals surface area contributed by atoms with Gasteiger partial charge in [-0.25, -0.2) is 0 Å². The number of carboxylic acids is 1. The maximum atomic E-state index is 12.2. The molecule has 9 nitrogen and oxygen atoms in total. The average Bonchev–Trinajstić information content (AvgIpc) is 3.19. The standard InChI is InChI=1S/C49H97N5O4.BrH/c1-5-7-9-11-13-15-17-19-21-23-25-27-29-31-33-35-42-57-45-46(44-54(3,4)41-39-49(52,47(55)56)38-37-40-53-48(50)51)58-43-36-34-32-30-28-26-24-22-20-18-16-14-12-10-8-6-2;/h19-22,46H,5-18,23-45,52H2,1-4H3,(H4-,50,51,53,55,56);1H/b21-19-,22-20-;/t46?,49-;/m1./s1. The van der Waals surface area contributed by atoms with Crippen LogP contribution in [-0.2, 0) is 14.3 Å². The second-order valence-corrected chi connectivity index (χ2v) is 17.9. The summed E-state index contributed by atoms with van der Waals surface area (Å²) in [7, 11) is 4.26. The molecule has 0 saturated carbocycles. The maximum Gasteiger partial charge on any atom is 0.323 e. The zero-order valence-corrected chi connectivity index (χ0v) is 40.8. The van der Waals surface area contributed by atoms with Crippen LogP contribution in [0.1, 0.15) is 213 Å². The fourth-order valence-electron chi connectivity index (χ4n) is 7.51. The predicted octanol–water partition coefficient (Wildman–Crippen LogP) is 8.77. The number of nitrogens with two attached hydrogens (primary N) is 3. The van der Waals surface area contributed by atoms with Crippen LogP contribution in [0.4, 0.5) is 0 Å². The van der Waals surface area contributed by atoms with Gasteiger partial charge in [0.25, 0.3) is 0 Å². The Balaban J connectivity index is 0. The Morgan fingerprint density at radius 3 is 1.46 bits per heavy atom. The molecule has 0 aliphatic rings. The van der Waals surface area contributed by atoms with E-state index in [9.17, 15) is 9.90 Å². The molecule has 1 unspecified atom stereocenters. The van der Waals surface area contributed by atoms with E-state index in [2.05, 4.69) is 57.2 Å². The fourth-order valence-corrected chi connectivity index (χ4v) is 7.51. The molecular formula is C49H98BrN5O4. The highest BCUT2D eigenvalue weighted by atomic mass is 79.9. The van der Waals surface area contributed by atoms with E-state index in [0.717, 1.165) is 32.6 Å². The van der Waals surface area contributed by atoms with Crippen LogP contribution in [0, 0.1) is 0 Å². The SMILES string of the molecule is CCCCCCCC/C=C\CCCCCCCCOCC(C[N+](C)(C)CC[C@](N)(CCCN=C(N)N)C(=O)O)OCCCCCCCC/C=C\CCCCCCCC.[Br-]. The topological polar surface area (TPSA) is 146 Å². The van der Waals surface area contributed by atoms with Crippen molar-refractivity contribution < 1.29 is 40.8 Å². The monoisotopic (exact) mass is 900 g/mol. The molecule has 0 rings (SSSR count). The van der Waals surface area contributed by atoms with E-state index >= 15 is 0 Å². The van der Waals surface area contributed by atoms with Gasteiger partial charge in [0.05, 0.1) is 27.2 Å². The molecule has 0 aliphatic heterocycles. The number of hydrogen-bond donors (Lipinski definition) is 4. The normalized spacial score (nSPS) is 13.5. The average molecular weight is 901 g/mol. The smallest absolute Gasteiger partial charge is 0.323 e. The van der Waals surface area contributed by atoms with Gasteiger partial charge in [-0.1, -0.05) is 154 Å². The molecule has 0 aliphatic carbocycles. The van der Waals surface area contributed by atoms with Crippen LogP contribution in [0.3, 0.4) is 0 Å². The number of aliphatic carboxylic acids is 1. The summed E-state index contributed by atoms with van der Waals surface area (Å²) in [5.41, 5.74) is 16.0. The van der Waals surface area contributed by atoms with E-state index < -0.39 is 11.5 Å². The Bertz CT molecular complexity index is 1010. The molecule has 0 aromatic carbocycles. The molecule has 0 saturated heterocycles. The van der Waals surface area contributed by atoms with Gasteiger partial charge in [-0.05, 0) is 77.0 Å². The van der Waals surface area contributed by atoms with Crippen molar-refractivity contribution in [3.63, 3.8) is 0 Å². The summed E-state index contributed by atoms with van der Waals surface area (Å²) in [5, 5.41) is 9.99. The van der Waals surface area contributed by atoms with E-state index in [1.54, 1.807) is 0 Å². The molecule has 0 fully saturated rings. The number of hydrogen-bond acceptors (Lipinski definition) is 5.